The van der Waals surface area contributed by atoms with Crippen LogP contribution in [0.4, 0.5) is 16.0 Å². The summed E-state index contributed by atoms with van der Waals surface area (Å²) in [5.74, 6) is -0.438. The Labute approximate surface area is 168 Å². The summed E-state index contributed by atoms with van der Waals surface area (Å²) in [6.45, 7) is 4.76. The molecule has 2 aromatic carbocycles. The lowest BCUT2D eigenvalue weighted by Crippen LogP contribution is -2.31. The Balaban J connectivity index is 1.82. The molecule has 0 aliphatic heterocycles. The lowest BCUT2D eigenvalue weighted by Gasteiger charge is -2.21. The minimum absolute atomic E-state index is 0.00558. The number of amides is 1. The van der Waals surface area contributed by atoms with Crippen LogP contribution < -0.4 is 5.32 Å². The van der Waals surface area contributed by atoms with Gasteiger partial charge in [0.2, 0.25) is 5.95 Å². The van der Waals surface area contributed by atoms with Crippen LogP contribution in [0, 0.1) is 12.7 Å². The van der Waals surface area contributed by atoms with E-state index in [1.807, 2.05) is 37.3 Å². The molecule has 5 nitrogen and oxygen atoms in total. The molecule has 0 saturated carbocycles. The smallest absolute Gasteiger partial charge is 0.272 e. The van der Waals surface area contributed by atoms with Crippen molar-refractivity contribution in [1.29, 1.82) is 0 Å². The zero-order valence-corrected chi connectivity index (χ0v) is 16.4. The largest absolute Gasteiger partial charge is 0.333 e. The number of halogens is 2. The Kier molecular flexibility index (Phi) is 6.21. The van der Waals surface area contributed by atoms with Crippen LogP contribution in [0.1, 0.15) is 28.7 Å². The summed E-state index contributed by atoms with van der Waals surface area (Å²) in [5, 5.41) is 2.97. The molecule has 1 aromatic heterocycles. The fourth-order valence-electron chi connectivity index (χ4n) is 2.73. The lowest BCUT2D eigenvalue weighted by atomic mass is 10.2. The van der Waals surface area contributed by atoms with E-state index >= 15 is 0 Å². The van der Waals surface area contributed by atoms with Crippen molar-refractivity contribution < 1.29 is 9.18 Å². The normalized spacial score (nSPS) is 10.6. The molecule has 1 amide bonds. The van der Waals surface area contributed by atoms with E-state index in [4.69, 9.17) is 11.6 Å². The summed E-state index contributed by atoms with van der Waals surface area (Å²) in [5.41, 5.74) is 2.51. The summed E-state index contributed by atoms with van der Waals surface area (Å²) in [6, 6.07) is 15.7. The molecule has 0 spiro atoms. The molecule has 0 radical (unpaired) electrons. The average molecular weight is 399 g/mol. The summed E-state index contributed by atoms with van der Waals surface area (Å²) in [6.07, 6.45) is 0. The lowest BCUT2D eigenvalue weighted by molar-refractivity contribution is 0.0746. The van der Waals surface area contributed by atoms with Crippen molar-refractivity contribution in [3.63, 3.8) is 0 Å². The number of aryl methyl sites for hydroxylation is 1. The van der Waals surface area contributed by atoms with Gasteiger partial charge in [-0.15, -0.1) is 0 Å². The van der Waals surface area contributed by atoms with Crippen molar-refractivity contribution in [3.05, 3.63) is 82.4 Å². The maximum atomic E-state index is 13.3. The number of carbonyl (C=O) groups is 1. The van der Waals surface area contributed by atoms with Crippen LogP contribution in [0.2, 0.25) is 5.02 Å². The number of nitrogens with one attached hydrogen (secondary N) is 1. The van der Waals surface area contributed by atoms with Gasteiger partial charge in [0.1, 0.15) is 11.5 Å². The molecule has 1 N–H and O–H groups in total. The van der Waals surface area contributed by atoms with E-state index in [9.17, 15) is 9.18 Å². The first-order valence-electron chi connectivity index (χ1n) is 8.87. The predicted octanol–water partition coefficient (Wildman–Crippen LogP) is 4.98. The first kappa shape index (κ1) is 19.8. The fourth-order valence-corrected chi connectivity index (χ4v) is 2.91. The molecular weight excluding hydrogens is 379 g/mol. The Bertz CT molecular complexity index is 981. The molecular formula is C21H20ClFN4O. The van der Waals surface area contributed by atoms with E-state index in [1.165, 1.54) is 18.2 Å². The summed E-state index contributed by atoms with van der Waals surface area (Å²) in [4.78, 5) is 23.3. The van der Waals surface area contributed by atoms with Gasteiger partial charge in [-0.2, -0.15) is 0 Å². The highest BCUT2D eigenvalue weighted by atomic mass is 35.5. The van der Waals surface area contributed by atoms with Crippen LogP contribution in [-0.4, -0.2) is 27.3 Å². The molecule has 3 rings (SSSR count). The van der Waals surface area contributed by atoms with Crippen LogP contribution in [0.3, 0.4) is 0 Å². The number of anilines is 2. The van der Waals surface area contributed by atoms with Gasteiger partial charge in [0.25, 0.3) is 5.91 Å². The second-order valence-electron chi connectivity index (χ2n) is 6.28. The van der Waals surface area contributed by atoms with Gasteiger partial charge in [-0.25, -0.2) is 14.4 Å². The number of hydrogen-bond acceptors (Lipinski definition) is 4. The Morgan fingerprint density at radius 1 is 1.14 bits per heavy atom. The molecule has 144 valence electrons. The average Bonchev–Trinajstić information content (AvgIpc) is 2.69. The predicted molar refractivity (Wildman–Crippen MR) is 108 cm³/mol. The molecule has 0 aliphatic carbocycles. The van der Waals surface area contributed by atoms with Gasteiger partial charge < -0.3 is 10.2 Å². The maximum Gasteiger partial charge on any atom is 0.272 e. The Morgan fingerprint density at radius 2 is 1.89 bits per heavy atom. The third kappa shape index (κ3) is 4.84. The van der Waals surface area contributed by atoms with Gasteiger partial charge in [0.05, 0.1) is 5.02 Å². The number of rotatable bonds is 6. The molecule has 0 aliphatic rings. The number of carbonyl (C=O) groups excluding carboxylic acids is 1. The van der Waals surface area contributed by atoms with Crippen LogP contribution in [0.25, 0.3) is 0 Å². The van der Waals surface area contributed by atoms with Gasteiger partial charge in [-0.3, -0.25) is 4.79 Å². The van der Waals surface area contributed by atoms with Gasteiger partial charge >= 0.3 is 0 Å². The standard InChI is InChI=1S/C21H20ClFN4O/c1-3-27(13-15-7-5-4-6-8-15)20(28)19-11-14(2)24-21(26-19)25-16-9-10-18(23)17(22)12-16/h4-12H,3,13H2,1-2H3,(H,24,25,26). The van der Waals surface area contributed by atoms with E-state index in [2.05, 4.69) is 15.3 Å². The van der Waals surface area contributed by atoms with Gasteiger partial charge in [0.15, 0.2) is 0 Å². The molecule has 3 aromatic rings. The third-order valence-electron chi connectivity index (χ3n) is 4.13. The van der Waals surface area contributed by atoms with Crippen molar-refractivity contribution in [3.8, 4) is 0 Å². The zero-order chi connectivity index (χ0) is 20.1. The Morgan fingerprint density at radius 3 is 2.57 bits per heavy atom. The van der Waals surface area contributed by atoms with Crippen molar-refractivity contribution >= 4 is 29.1 Å². The quantitative estimate of drug-likeness (QED) is 0.636. The highest BCUT2D eigenvalue weighted by molar-refractivity contribution is 6.31. The van der Waals surface area contributed by atoms with Crippen LogP contribution in [-0.2, 0) is 6.54 Å². The van der Waals surface area contributed by atoms with Gasteiger partial charge in [0, 0.05) is 24.5 Å². The van der Waals surface area contributed by atoms with E-state index in [0.717, 1.165) is 5.56 Å². The van der Waals surface area contributed by atoms with Crippen molar-refractivity contribution in [1.82, 2.24) is 14.9 Å². The van der Waals surface area contributed by atoms with Gasteiger partial charge in [-0.1, -0.05) is 41.9 Å². The number of benzene rings is 2. The van der Waals surface area contributed by atoms with Crippen LogP contribution in [0.15, 0.2) is 54.6 Å². The summed E-state index contributed by atoms with van der Waals surface area (Å²) < 4.78 is 13.3. The molecule has 0 unspecified atom stereocenters. The second kappa shape index (κ2) is 8.80. The highest BCUT2D eigenvalue weighted by Gasteiger charge is 2.18. The second-order valence-corrected chi connectivity index (χ2v) is 6.68. The minimum Gasteiger partial charge on any atom is -0.333 e. The SMILES string of the molecule is CCN(Cc1ccccc1)C(=O)c1cc(C)nc(Nc2ccc(F)c(Cl)c2)n1. The molecule has 0 atom stereocenters. The Hall–Kier alpha value is -2.99. The highest BCUT2D eigenvalue weighted by Crippen LogP contribution is 2.22. The van der Waals surface area contributed by atoms with E-state index in [1.54, 1.807) is 17.9 Å². The molecule has 0 saturated heterocycles. The first-order chi connectivity index (χ1) is 13.5. The first-order valence-corrected chi connectivity index (χ1v) is 9.25. The van der Waals surface area contributed by atoms with Crippen molar-refractivity contribution in [2.45, 2.75) is 20.4 Å². The molecule has 7 heteroatoms. The maximum absolute atomic E-state index is 13.3. The van der Waals surface area contributed by atoms with Crippen molar-refractivity contribution in [2.24, 2.45) is 0 Å². The van der Waals surface area contributed by atoms with Crippen molar-refractivity contribution in [2.75, 3.05) is 11.9 Å². The molecule has 1 heterocycles. The molecule has 28 heavy (non-hydrogen) atoms. The molecule has 0 fully saturated rings. The minimum atomic E-state index is -0.507. The zero-order valence-electron chi connectivity index (χ0n) is 15.6. The van der Waals surface area contributed by atoms with Crippen LogP contribution >= 0.6 is 11.6 Å². The van der Waals surface area contributed by atoms with Gasteiger partial charge in [-0.05, 0) is 43.7 Å². The summed E-state index contributed by atoms with van der Waals surface area (Å²) in [7, 11) is 0. The third-order valence-corrected chi connectivity index (χ3v) is 4.42. The fraction of sp³-hybridized carbons (Fsp3) is 0.190. The number of nitrogens with zero attached hydrogens (tertiary/aromatic N) is 3. The van der Waals surface area contributed by atoms with E-state index in [-0.39, 0.29) is 16.9 Å². The topological polar surface area (TPSA) is 58.1 Å². The molecule has 0 bridgehead atoms. The summed E-state index contributed by atoms with van der Waals surface area (Å²) >= 11 is 5.81. The van der Waals surface area contributed by atoms with E-state index in [0.29, 0.717) is 30.2 Å². The van der Waals surface area contributed by atoms with E-state index < -0.39 is 5.82 Å². The van der Waals surface area contributed by atoms with Crippen LogP contribution in [0.5, 0.6) is 0 Å². The number of hydrogen-bond donors (Lipinski definition) is 1. The monoisotopic (exact) mass is 398 g/mol. The number of aromatic nitrogens is 2.